The van der Waals surface area contributed by atoms with Crippen LogP contribution in [-0.4, -0.2) is 19.7 Å². The monoisotopic (exact) mass is 350 g/mol. The van der Waals surface area contributed by atoms with Crippen LogP contribution < -0.4 is 15.0 Å². The first-order valence-corrected chi connectivity index (χ1v) is 8.41. The summed E-state index contributed by atoms with van der Waals surface area (Å²) in [4.78, 5) is 2.19. The molecule has 0 aliphatic carbocycles. The van der Waals surface area contributed by atoms with Crippen LogP contribution >= 0.6 is 0 Å². The molecule has 3 nitrogen and oxygen atoms in total. The van der Waals surface area contributed by atoms with Crippen LogP contribution in [0.3, 0.4) is 0 Å². The Morgan fingerprint density at radius 3 is 2.52 bits per heavy atom. The summed E-state index contributed by atoms with van der Waals surface area (Å²) in [5.74, 6) is -0.118. The maximum absolute atomic E-state index is 14.3. The first kappa shape index (κ1) is 17.6. The third-order valence-corrected chi connectivity index (χ3v) is 4.35. The molecule has 6 heteroatoms. The van der Waals surface area contributed by atoms with Gasteiger partial charge in [-0.05, 0) is 31.0 Å². The second-order valence-corrected chi connectivity index (χ2v) is 6.02. The quantitative estimate of drug-likeness (QED) is 0.805. The Bertz CT molecular complexity index is 703. The molecule has 1 aliphatic heterocycles. The summed E-state index contributed by atoms with van der Waals surface area (Å²) in [6, 6.07) is 11.7. The van der Waals surface area contributed by atoms with E-state index in [1.165, 1.54) is 12.1 Å². The van der Waals surface area contributed by atoms with Crippen LogP contribution in [0.4, 0.5) is 18.9 Å². The summed E-state index contributed by atoms with van der Waals surface area (Å²) in [6.07, 6.45) is 2.23. The van der Waals surface area contributed by atoms with Crippen LogP contribution in [0.25, 0.3) is 0 Å². The number of hydrogen-bond acceptors (Lipinski definition) is 3. The van der Waals surface area contributed by atoms with Crippen molar-refractivity contribution in [2.75, 3.05) is 18.0 Å². The molecule has 1 aliphatic rings. The van der Waals surface area contributed by atoms with Crippen molar-refractivity contribution < 1.29 is 17.9 Å². The van der Waals surface area contributed by atoms with Crippen LogP contribution in [0.1, 0.15) is 24.0 Å². The second kappa shape index (κ2) is 8.25. The van der Waals surface area contributed by atoms with Gasteiger partial charge in [0.25, 0.3) is 0 Å². The Morgan fingerprint density at radius 1 is 1.00 bits per heavy atom. The summed E-state index contributed by atoms with van der Waals surface area (Å²) in [7, 11) is 0. The fourth-order valence-electron chi connectivity index (χ4n) is 3.16. The standard InChI is InChI=1S/C19H21F3N2O/c20-16-7-5-8-17(24-10-3-4-11-24)15(16)13-23-12-14-6-1-2-9-18(14)25-19(21)22/h1-2,5-9,19,23H,3-4,10-13H2. The van der Waals surface area contributed by atoms with Crippen molar-refractivity contribution in [1.82, 2.24) is 5.32 Å². The van der Waals surface area contributed by atoms with Gasteiger partial charge in [0.05, 0.1) is 0 Å². The zero-order valence-corrected chi connectivity index (χ0v) is 13.9. The molecule has 25 heavy (non-hydrogen) atoms. The summed E-state index contributed by atoms with van der Waals surface area (Å²) in [5, 5.41) is 3.14. The molecule has 1 fully saturated rings. The van der Waals surface area contributed by atoms with Gasteiger partial charge in [0.15, 0.2) is 0 Å². The lowest BCUT2D eigenvalue weighted by molar-refractivity contribution is -0.0505. The highest BCUT2D eigenvalue weighted by atomic mass is 19.3. The topological polar surface area (TPSA) is 24.5 Å². The van der Waals surface area contributed by atoms with E-state index in [1.54, 1.807) is 24.3 Å². The minimum absolute atomic E-state index is 0.137. The minimum Gasteiger partial charge on any atom is -0.434 e. The van der Waals surface area contributed by atoms with E-state index < -0.39 is 6.61 Å². The smallest absolute Gasteiger partial charge is 0.387 e. The Labute approximate surface area is 145 Å². The van der Waals surface area contributed by atoms with Crippen molar-refractivity contribution in [2.45, 2.75) is 32.5 Å². The van der Waals surface area contributed by atoms with Gasteiger partial charge < -0.3 is 15.0 Å². The molecule has 2 aromatic rings. The SMILES string of the molecule is Fc1cccc(N2CCCC2)c1CNCc1ccccc1OC(F)F. The average molecular weight is 350 g/mol. The number of alkyl halides is 2. The van der Waals surface area contributed by atoms with Crippen molar-refractivity contribution in [2.24, 2.45) is 0 Å². The van der Waals surface area contributed by atoms with Crippen molar-refractivity contribution in [1.29, 1.82) is 0 Å². The van der Waals surface area contributed by atoms with Gasteiger partial charge in [-0.25, -0.2) is 4.39 Å². The molecule has 0 radical (unpaired) electrons. The number of anilines is 1. The molecule has 1 saturated heterocycles. The largest absolute Gasteiger partial charge is 0.434 e. The van der Waals surface area contributed by atoms with Gasteiger partial charge in [-0.15, -0.1) is 0 Å². The maximum Gasteiger partial charge on any atom is 0.387 e. The van der Waals surface area contributed by atoms with E-state index in [2.05, 4.69) is 15.0 Å². The molecule has 0 bridgehead atoms. The van der Waals surface area contributed by atoms with Gasteiger partial charge in [0, 0.05) is 43.0 Å². The van der Waals surface area contributed by atoms with Crippen molar-refractivity contribution in [3.05, 3.63) is 59.4 Å². The maximum atomic E-state index is 14.3. The van der Waals surface area contributed by atoms with E-state index in [0.29, 0.717) is 24.2 Å². The number of hydrogen-bond donors (Lipinski definition) is 1. The first-order valence-electron chi connectivity index (χ1n) is 8.41. The third kappa shape index (κ3) is 4.45. The van der Waals surface area contributed by atoms with Gasteiger partial charge >= 0.3 is 6.61 Å². The summed E-state index contributed by atoms with van der Waals surface area (Å²) in [6.45, 7) is -0.365. The molecule has 0 atom stereocenters. The fourth-order valence-corrected chi connectivity index (χ4v) is 3.16. The predicted octanol–water partition coefficient (Wildman–Crippen LogP) is 4.32. The number of halogens is 3. The molecule has 0 amide bonds. The fraction of sp³-hybridized carbons (Fsp3) is 0.368. The molecule has 0 spiro atoms. The Hall–Kier alpha value is -2.21. The van der Waals surface area contributed by atoms with Crippen LogP contribution in [0.2, 0.25) is 0 Å². The molecule has 1 N–H and O–H groups in total. The van der Waals surface area contributed by atoms with Gasteiger partial charge in [-0.2, -0.15) is 8.78 Å². The first-order chi connectivity index (χ1) is 12.1. The van der Waals surface area contributed by atoms with E-state index in [0.717, 1.165) is 31.6 Å². The molecule has 0 aromatic heterocycles. The lowest BCUT2D eigenvalue weighted by atomic mass is 10.1. The minimum atomic E-state index is -2.87. The molecule has 0 saturated carbocycles. The molecule has 1 heterocycles. The number of ether oxygens (including phenoxy) is 1. The van der Waals surface area contributed by atoms with Crippen LogP contribution in [0.15, 0.2) is 42.5 Å². The zero-order chi connectivity index (χ0) is 17.6. The number of rotatable bonds is 7. The number of nitrogens with zero attached hydrogens (tertiary/aromatic N) is 1. The Balaban J connectivity index is 1.69. The number of benzene rings is 2. The average Bonchev–Trinajstić information content (AvgIpc) is 3.11. The highest BCUT2D eigenvalue weighted by Crippen LogP contribution is 2.27. The highest BCUT2D eigenvalue weighted by Gasteiger charge is 2.18. The van der Waals surface area contributed by atoms with Gasteiger partial charge in [-0.1, -0.05) is 24.3 Å². The lowest BCUT2D eigenvalue weighted by Gasteiger charge is -2.22. The van der Waals surface area contributed by atoms with E-state index in [1.807, 2.05) is 6.07 Å². The number of nitrogens with one attached hydrogen (secondary N) is 1. The molecule has 134 valence electrons. The van der Waals surface area contributed by atoms with Crippen molar-refractivity contribution in [3.63, 3.8) is 0 Å². The second-order valence-electron chi connectivity index (χ2n) is 6.02. The summed E-state index contributed by atoms with van der Waals surface area (Å²) >= 11 is 0. The zero-order valence-electron chi connectivity index (χ0n) is 13.9. The van der Waals surface area contributed by atoms with Crippen molar-refractivity contribution in [3.8, 4) is 5.75 Å². The highest BCUT2D eigenvalue weighted by molar-refractivity contribution is 5.54. The molecular formula is C19H21F3N2O. The molecular weight excluding hydrogens is 329 g/mol. The van der Waals surface area contributed by atoms with Crippen LogP contribution in [0.5, 0.6) is 5.75 Å². The Morgan fingerprint density at radius 2 is 1.76 bits per heavy atom. The van der Waals surface area contributed by atoms with E-state index in [-0.39, 0.29) is 11.6 Å². The van der Waals surface area contributed by atoms with Crippen LogP contribution in [-0.2, 0) is 13.1 Å². The van der Waals surface area contributed by atoms with E-state index in [9.17, 15) is 13.2 Å². The molecule has 2 aromatic carbocycles. The predicted molar refractivity (Wildman–Crippen MR) is 91.5 cm³/mol. The van der Waals surface area contributed by atoms with E-state index >= 15 is 0 Å². The van der Waals surface area contributed by atoms with Gasteiger partial charge in [0.2, 0.25) is 0 Å². The molecule has 3 rings (SSSR count). The van der Waals surface area contributed by atoms with E-state index in [4.69, 9.17) is 0 Å². The lowest BCUT2D eigenvalue weighted by Crippen LogP contribution is -2.22. The van der Waals surface area contributed by atoms with Gasteiger partial charge in [-0.3, -0.25) is 0 Å². The van der Waals surface area contributed by atoms with Gasteiger partial charge in [0.1, 0.15) is 11.6 Å². The van der Waals surface area contributed by atoms with Crippen molar-refractivity contribution >= 4 is 5.69 Å². The third-order valence-electron chi connectivity index (χ3n) is 4.35. The molecule has 0 unspecified atom stereocenters. The normalized spacial score (nSPS) is 14.3. The Kier molecular flexibility index (Phi) is 5.81. The summed E-state index contributed by atoms with van der Waals surface area (Å²) in [5.41, 5.74) is 2.13. The summed E-state index contributed by atoms with van der Waals surface area (Å²) < 4.78 is 43.7. The number of para-hydroxylation sites is 1. The van der Waals surface area contributed by atoms with Crippen LogP contribution in [0, 0.1) is 5.82 Å².